The minimum absolute atomic E-state index is 0.00940. The zero-order valence-corrected chi connectivity index (χ0v) is 16.4. The third kappa shape index (κ3) is 6.18. The van der Waals surface area contributed by atoms with Gasteiger partial charge in [-0.2, -0.15) is 0 Å². The van der Waals surface area contributed by atoms with Gasteiger partial charge < -0.3 is 10.6 Å². The normalized spacial score (nSPS) is 11.6. The van der Waals surface area contributed by atoms with E-state index in [1.807, 2.05) is 24.3 Å². The van der Waals surface area contributed by atoms with Gasteiger partial charge >= 0.3 is 0 Å². The van der Waals surface area contributed by atoms with Crippen molar-refractivity contribution >= 4 is 11.6 Å². The molecular weight excluding hydrogens is 382 g/mol. The van der Waals surface area contributed by atoms with Crippen LogP contribution in [0.15, 0.2) is 73.3 Å². The third-order valence-corrected chi connectivity index (χ3v) is 4.62. The summed E-state index contributed by atoms with van der Waals surface area (Å²) in [5.41, 5.74) is 2.76. The zero-order valence-electron chi connectivity index (χ0n) is 16.4. The van der Waals surface area contributed by atoms with Gasteiger partial charge in [0.1, 0.15) is 6.04 Å². The summed E-state index contributed by atoms with van der Waals surface area (Å²) in [6, 6.07) is 13.1. The molecule has 0 aliphatic heterocycles. The Kier molecular flexibility index (Phi) is 7.57. The Morgan fingerprint density at radius 2 is 1.53 bits per heavy atom. The van der Waals surface area contributed by atoms with Crippen molar-refractivity contribution in [3.8, 4) is 0 Å². The van der Waals surface area contributed by atoms with Crippen LogP contribution in [0.4, 0.5) is 5.69 Å². The number of hydrogen-bond donors (Lipinski definition) is 2. The molecule has 0 aliphatic rings. The Morgan fingerprint density at radius 1 is 0.933 bits per heavy atom. The minimum atomic E-state index is -0.614. The first kappa shape index (κ1) is 21.1. The van der Waals surface area contributed by atoms with Crippen molar-refractivity contribution in [1.82, 2.24) is 20.6 Å². The molecule has 1 unspecified atom stereocenters. The van der Waals surface area contributed by atoms with Crippen LogP contribution in [0.2, 0.25) is 0 Å². The Hall–Kier alpha value is -3.65. The summed E-state index contributed by atoms with van der Waals surface area (Å²) in [5, 5.41) is 17.1. The predicted molar refractivity (Wildman–Crippen MR) is 113 cm³/mol. The molecule has 30 heavy (non-hydrogen) atoms. The molecule has 2 heterocycles. The molecule has 0 saturated carbocycles. The molecule has 0 saturated heterocycles. The molecule has 0 spiro atoms. The fraction of sp³-hybridized carbons (Fsp3) is 0.227. The molecule has 0 fully saturated rings. The lowest BCUT2D eigenvalue weighted by Crippen LogP contribution is -2.39. The van der Waals surface area contributed by atoms with Crippen LogP contribution in [0.5, 0.6) is 0 Å². The number of carbonyl (C=O) groups is 1. The quantitative estimate of drug-likeness (QED) is 0.396. The first-order valence-electron chi connectivity index (χ1n) is 9.67. The molecule has 0 radical (unpaired) electrons. The molecule has 0 bridgehead atoms. The second kappa shape index (κ2) is 10.8. The summed E-state index contributed by atoms with van der Waals surface area (Å²) >= 11 is 0. The molecule has 3 rings (SSSR count). The minimum Gasteiger partial charge on any atom is -0.354 e. The van der Waals surface area contributed by atoms with Gasteiger partial charge in [-0.1, -0.05) is 24.3 Å². The van der Waals surface area contributed by atoms with E-state index < -0.39 is 11.0 Å². The van der Waals surface area contributed by atoms with Crippen molar-refractivity contribution in [2.45, 2.75) is 18.9 Å². The number of nitro benzene ring substituents is 1. The SMILES string of the molecule is O=C(NCCc1cccnc1)C(NCCc1cccnc1)c1ccc([N+](=O)[O-])cc1. The van der Waals surface area contributed by atoms with E-state index in [9.17, 15) is 14.9 Å². The summed E-state index contributed by atoms with van der Waals surface area (Å²) in [4.78, 5) is 31.5. The van der Waals surface area contributed by atoms with E-state index >= 15 is 0 Å². The van der Waals surface area contributed by atoms with Crippen LogP contribution in [0.25, 0.3) is 0 Å². The van der Waals surface area contributed by atoms with Crippen LogP contribution in [0.3, 0.4) is 0 Å². The fourth-order valence-corrected chi connectivity index (χ4v) is 3.04. The third-order valence-electron chi connectivity index (χ3n) is 4.62. The molecule has 1 amide bonds. The number of nitro groups is 1. The molecule has 154 valence electrons. The topological polar surface area (TPSA) is 110 Å². The maximum absolute atomic E-state index is 12.9. The summed E-state index contributed by atoms with van der Waals surface area (Å²) < 4.78 is 0. The Balaban J connectivity index is 1.64. The van der Waals surface area contributed by atoms with Gasteiger partial charge in [0.05, 0.1) is 4.92 Å². The molecule has 1 aromatic carbocycles. The number of non-ortho nitro benzene ring substituents is 1. The molecule has 8 heteroatoms. The maximum Gasteiger partial charge on any atom is 0.269 e. The van der Waals surface area contributed by atoms with Gasteiger partial charge in [0.2, 0.25) is 5.91 Å². The van der Waals surface area contributed by atoms with Crippen LogP contribution in [-0.2, 0) is 17.6 Å². The first-order chi connectivity index (χ1) is 14.6. The van der Waals surface area contributed by atoms with E-state index in [1.54, 1.807) is 36.9 Å². The van der Waals surface area contributed by atoms with Gasteiger partial charge in [-0.25, -0.2) is 0 Å². The number of benzene rings is 1. The van der Waals surface area contributed by atoms with Crippen molar-refractivity contribution in [3.05, 3.63) is 100 Å². The average molecular weight is 405 g/mol. The molecule has 8 nitrogen and oxygen atoms in total. The van der Waals surface area contributed by atoms with Crippen molar-refractivity contribution < 1.29 is 9.72 Å². The largest absolute Gasteiger partial charge is 0.354 e. The van der Waals surface area contributed by atoms with Gasteiger partial charge in [0.25, 0.3) is 5.69 Å². The number of amides is 1. The number of carbonyl (C=O) groups excluding carboxylic acids is 1. The number of rotatable bonds is 10. The van der Waals surface area contributed by atoms with E-state index in [4.69, 9.17) is 0 Å². The van der Waals surface area contributed by atoms with Crippen molar-refractivity contribution in [1.29, 1.82) is 0 Å². The highest BCUT2D eigenvalue weighted by Gasteiger charge is 2.20. The lowest BCUT2D eigenvalue weighted by atomic mass is 10.0. The molecule has 2 aromatic heterocycles. The first-order valence-corrected chi connectivity index (χ1v) is 9.67. The van der Waals surface area contributed by atoms with Crippen LogP contribution in [0, 0.1) is 10.1 Å². The van der Waals surface area contributed by atoms with Crippen molar-refractivity contribution in [2.24, 2.45) is 0 Å². The second-order valence-corrected chi connectivity index (χ2v) is 6.75. The Bertz CT molecular complexity index is 950. The van der Waals surface area contributed by atoms with Crippen molar-refractivity contribution in [3.63, 3.8) is 0 Å². The molecule has 2 N–H and O–H groups in total. The standard InChI is InChI=1S/C22H23N5O3/c28-22(26-14-10-18-4-2-12-24-16-18)21(19-5-7-20(8-6-19)27(29)30)25-13-9-17-3-1-11-23-15-17/h1-8,11-12,15-16,21,25H,9-10,13-14H2,(H,26,28). The van der Waals surface area contributed by atoms with Crippen LogP contribution >= 0.6 is 0 Å². The molecule has 3 aromatic rings. The van der Waals surface area contributed by atoms with Gasteiger partial charge in [-0.15, -0.1) is 0 Å². The summed E-state index contributed by atoms with van der Waals surface area (Å²) in [7, 11) is 0. The van der Waals surface area contributed by atoms with E-state index in [0.29, 0.717) is 31.5 Å². The Morgan fingerprint density at radius 3 is 2.07 bits per heavy atom. The van der Waals surface area contributed by atoms with Crippen LogP contribution in [-0.4, -0.2) is 33.9 Å². The highest BCUT2D eigenvalue weighted by molar-refractivity contribution is 5.83. The van der Waals surface area contributed by atoms with Crippen molar-refractivity contribution in [2.75, 3.05) is 13.1 Å². The highest BCUT2D eigenvalue weighted by Crippen LogP contribution is 2.18. The average Bonchev–Trinajstić information content (AvgIpc) is 2.78. The number of aromatic nitrogens is 2. The molecular formula is C22H23N5O3. The van der Waals surface area contributed by atoms with Crippen LogP contribution in [0.1, 0.15) is 22.7 Å². The smallest absolute Gasteiger partial charge is 0.269 e. The number of hydrogen-bond acceptors (Lipinski definition) is 6. The fourth-order valence-electron chi connectivity index (χ4n) is 3.04. The summed E-state index contributed by atoms with van der Waals surface area (Å²) in [6.07, 6.45) is 8.36. The van der Waals surface area contributed by atoms with E-state index in [0.717, 1.165) is 11.1 Å². The maximum atomic E-state index is 12.9. The second-order valence-electron chi connectivity index (χ2n) is 6.75. The zero-order chi connectivity index (χ0) is 21.2. The monoisotopic (exact) mass is 405 g/mol. The Labute approximate surface area is 174 Å². The van der Waals surface area contributed by atoms with Gasteiger partial charge in [-0.3, -0.25) is 24.9 Å². The number of pyridine rings is 2. The van der Waals surface area contributed by atoms with Gasteiger partial charge in [0.15, 0.2) is 0 Å². The summed E-state index contributed by atoms with van der Waals surface area (Å²) in [5.74, 6) is -0.182. The molecule has 1 atom stereocenters. The summed E-state index contributed by atoms with van der Waals surface area (Å²) in [6.45, 7) is 1.03. The van der Waals surface area contributed by atoms with Crippen LogP contribution < -0.4 is 10.6 Å². The lowest BCUT2D eigenvalue weighted by molar-refractivity contribution is -0.384. The van der Waals surface area contributed by atoms with Gasteiger partial charge in [0, 0.05) is 50.0 Å². The lowest BCUT2D eigenvalue weighted by Gasteiger charge is -2.19. The highest BCUT2D eigenvalue weighted by atomic mass is 16.6. The van der Waals surface area contributed by atoms with Gasteiger partial charge in [-0.05, 0) is 41.7 Å². The van der Waals surface area contributed by atoms with E-state index in [-0.39, 0.29) is 11.6 Å². The molecule has 0 aliphatic carbocycles. The van der Waals surface area contributed by atoms with E-state index in [2.05, 4.69) is 20.6 Å². The predicted octanol–water partition coefficient (Wildman–Crippen LogP) is 2.62. The number of nitrogens with zero attached hydrogens (tertiary/aromatic N) is 3. The van der Waals surface area contributed by atoms with E-state index in [1.165, 1.54) is 12.1 Å². The number of nitrogens with one attached hydrogen (secondary N) is 2.